The van der Waals surface area contributed by atoms with Crippen LogP contribution >= 0.6 is 0 Å². The summed E-state index contributed by atoms with van der Waals surface area (Å²) in [7, 11) is 0. The second-order valence-corrected chi connectivity index (χ2v) is 15.7. The van der Waals surface area contributed by atoms with Crippen molar-refractivity contribution in [1.29, 1.82) is 0 Å². The van der Waals surface area contributed by atoms with Gasteiger partial charge in [0.25, 0.3) is 0 Å². The van der Waals surface area contributed by atoms with Crippen molar-refractivity contribution in [2.24, 2.45) is 0 Å². The van der Waals surface area contributed by atoms with Crippen molar-refractivity contribution in [2.75, 3.05) is 26.4 Å². The van der Waals surface area contributed by atoms with Crippen molar-refractivity contribution in [2.45, 2.75) is 24.2 Å². The first kappa shape index (κ1) is 25.3. The number of ether oxygens (including phenoxy) is 4. The third-order valence-electron chi connectivity index (χ3n) is 10.6. The van der Waals surface area contributed by atoms with Gasteiger partial charge in [0.05, 0.1) is 0 Å². The molecule has 0 amide bonds. The van der Waals surface area contributed by atoms with Crippen LogP contribution < -0.4 is 0 Å². The van der Waals surface area contributed by atoms with Gasteiger partial charge >= 0.3 is 280 Å². The molecule has 4 aromatic rings. The average molecular weight is 800 g/mol. The van der Waals surface area contributed by atoms with Gasteiger partial charge in [0.1, 0.15) is 0 Å². The maximum atomic E-state index is 6.62. The molecule has 4 atom stereocenters. The molecule has 6 bridgehead atoms. The minimum absolute atomic E-state index is 0.0484. The Morgan fingerprint density at radius 3 is 1.04 bits per heavy atom. The van der Waals surface area contributed by atoms with E-state index in [4.69, 9.17) is 18.9 Å². The number of rotatable bonds is 2. The van der Waals surface area contributed by atoms with Crippen LogP contribution in [-0.4, -0.2) is 54.3 Å². The van der Waals surface area contributed by atoms with Crippen LogP contribution in [0.2, 0.25) is 0 Å². The van der Waals surface area contributed by atoms with Crippen LogP contribution in [0.3, 0.4) is 0 Å². The summed E-state index contributed by atoms with van der Waals surface area (Å²) in [5.41, 5.74) is 9.89. The fourth-order valence-electron chi connectivity index (χ4n) is 8.37. The zero-order valence-corrected chi connectivity index (χ0v) is 27.4. The molecule has 8 aliphatic heterocycles. The normalized spacial score (nSPS) is 26.7. The fraction of sp³-hybridized carbons (Fsp3) is 0.211. The molecule has 47 heavy (non-hydrogen) atoms. The van der Waals surface area contributed by atoms with Crippen LogP contribution in [0.25, 0.3) is 22.3 Å². The topological polar surface area (TPSA) is 49.9 Å². The second-order valence-electron chi connectivity index (χ2n) is 13.1. The Balaban J connectivity index is 1.14. The quantitative estimate of drug-likeness (QED) is 0.254. The molecule has 4 fully saturated rings. The van der Waals surface area contributed by atoms with Gasteiger partial charge in [-0.05, 0) is 0 Å². The van der Waals surface area contributed by atoms with E-state index >= 15 is 0 Å². The van der Waals surface area contributed by atoms with Crippen molar-refractivity contribution in [1.82, 2.24) is 19.6 Å². The summed E-state index contributed by atoms with van der Waals surface area (Å²) in [5.74, 6) is 3.42. The van der Waals surface area contributed by atoms with Crippen LogP contribution in [0.5, 0.6) is 0 Å². The standard InChI is InChI=1S/C38H28N4O4.Pt/c1-3-7-23(8-4-1)25-11-27-15-28(12-25)32-18-44-36-38-42(22-40(32)36)34(20-46-38)30-14-26(24-9-5-2-6-10-24)13-29(16-30)33-19-45-37-35-39(21-41(33)37)31(27)17-43-35;/h1-16,31-34H,17-20H2;. The maximum absolute atomic E-state index is 6.62. The van der Waals surface area contributed by atoms with Crippen molar-refractivity contribution < 1.29 is 36.6 Å². The Hall–Kier alpha value is -4.81. The predicted molar refractivity (Wildman–Crippen MR) is 170 cm³/mol. The summed E-state index contributed by atoms with van der Waals surface area (Å²) in [6, 6.07) is 35.8. The van der Waals surface area contributed by atoms with Crippen molar-refractivity contribution in [3.63, 3.8) is 0 Å². The molecule has 12 rings (SSSR count). The molecule has 4 aromatic carbocycles. The van der Waals surface area contributed by atoms with Gasteiger partial charge in [-0.15, -0.1) is 0 Å². The predicted octanol–water partition coefficient (Wildman–Crippen LogP) is 5.78. The first-order valence-electron chi connectivity index (χ1n) is 16.2. The zero-order valence-electron chi connectivity index (χ0n) is 25.1. The monoisotopic (exact) mass is 799 g/mol. The van der Waals surface area contributed by atoms with E-state index in [1.165, 1.54) is 52.8 Å². The Kier molecular flexibility index (Phi) is 4.82. The van der Waals surface area contributed by atoms with Gasteiger partial charge in [-0.1, -0.05) is 0 Å². The molecule has 4 saturated heterocycles. The third-order valence-corrected chi connectivity index (χ3v) is 13.8. The van der Waals surface area contributed by atoms with E-state index in [0.717, 1.165) is 23.5 Å². The summed E-state index contributed by atoms with van der Waals surface area (Å²) in [6.45, 7) is 2.35. The van der Waals surface area contributed by atoms with Gasteiger partial charge in [0.2, 0.25) is 0 Å². The molecule has 8 heterocycles. The molecule has 8 nitrogen and oxygen atoms in total. The fourth-order valence-corrected chi connectivity index (χ4v) is 12.3. The van der Waals surface area contributed by atoms with Crippen molar-refractivity contribution in [3.05, 3.63) is 143 Å². The van der Waals surface area contributed by atoms with Gasteiger partial charge in [0.15, 0.2) is 0 Å². The van der Waals surface area contributed by atoms with E-state index in [-0.39, 0.29) is 24.2 Å². The number of hydrogen-bond donors (Lipinski definition) is 0. The molecular formula is C38H28N4O4Pt. The third kappa shape index (κ3) is 3.26. The summed E-state index contributed by atoms with van der Waals surface area (Å²) in [6.07, 6.45) is 0. The van der Waals surface area contributed by atoms with E-state index in [1.54, 1.807) is 0 Å². The summed E-state index contributed by atoms with van der Waals surface area (Å²) >= 11 is -0.753. The molecule has 0 N–H and O–H groups in total. The summed E-state index contributed by atoms with van der Waals surface area (Å²) < 4.78 is 29.1. The first-order valence-corrected chi connectivity index (χ1v) is 18.5. The van der Waals surface area contributed by atoms with Gasteiger partial charge < -0.3 is 0 Å². The number of benzene rings is 4. The molecule has 0 aliphatic carbocycles. The van der Waals surface area contributed by atoms with Gasteiger partial charge in [-0.3, -0.25) is 0 Å². The van der Waals surface area contributed by atoms with E-state index in [1.807, 2.05) is 0 Å². The van der Waals surface area contributed by atoms with Crippen LogP contribution in [0.4, 0.5) is 0 Å². The SMILES string of the molecule is c1ccc(-c2cc3cc(c2)C2COC4=C5OCC6c7cc(-c8ccccc8)cc(c7)C7COC8=C9OCC3N9[C](=[Pt]=[C](N42)N56)N87)cc1. The Morgan fingerprint density at radius 2 is 0.723 bits per heavy atom. The van der Waals surface area contributed by atoms with E-state index in [0.29, 0.717) is 26.4 Å². The molecule has 234 valence electrons. The molecule has 4 unspecified atom stereocenters. The van der Waals surface area contributed by atoms with E-state index < -0.39 is 17.6 Å². The number of hydrogen-bond acceptors (Lipinski definition) is 8. The summed E-state index contributed by atoms with van der Waals surface area (Å²) in [4.78, 5) is 9.89. The Bertz CT molecular complexity index is 1960. The second kappa shape index (κ2) is 8.96. The minimum atomic E-state index is -0.753. The van der Waals surface area contributed by atoms with Gasteiger partial charge in [0, 0.05) is 0 Å². The van der Waals surface area contributed by atoms with Crippen LogP contribution in [0.1, 0.15) is 46.4 Å². The number of nitrogens with zero attached hydrogens (tertiary/aromatic N) is 4. The Labute approximate surface area is 279 Å². The summed E-state index contributed by atoms with van der Waals surface area (Å²) in [5, 5.41) is 0. The molecule has 0 radical (unpaired) electrons. The molecule has 9 heteroatoms. The van der Waals surface area contributed by atoms with Gasteiger partial charge in [-0.25, -0.2) is 0 Å². The molecule has 0 saturated carbocycles. The molecule has 0 aromatic heterocycles. The first-order chi connectivity index (χ1) is 23.3. The molecular weight excluding hydrogens is 772 g/mol. The van der Waals surface area contributed by atoms with E-state index in [9.17, 15) is 0 Å². The van der Waals surface area contributed by atoms with Crippen LogP contribution in [0.15, 0.2) is 121 Å². The van der Waals surface area contributed by atoms with Gasteiger partial charge in [-0.2, -0.15) is 0 Å². The van der Waals surface area contributed by atoms with E-state index in [2.05, 4.69) is 117 Å². The van der Waals surface area contributed by atoms with Crippen LogP contribution in [-0.2, 0) is 36.6 Å². The molecule has 0 spiro atoms. The molecule has 8 aliphatic rings. The van der Waals surface area contributed by atoms with Crippen molar-refractivity contribution >= 4 is 8.29 Å². The number of fused-ring (bicyclic) bond motifs is 8. The average Bonchev–Trinajstić information content (AvgIpc) is 3.96. The van der Waals surface area contributed by atoms with Crippen molar-refractivity contribution in [3.8, 4) is 22.3 Å². The zero-order chi connectivity index (χ0) is 30.4. The Morgan fingerprint density at radius 1 is 0.404 bits per heavy atom. The van der Waals surface area contributed by atoms with Crippen LogP contribution in [0, 0.1) is 0 Å².